The van der Waals surface area contributed by atoms with Crippen molar-refractivity contribution in [3.63, 3.8) is 0 Å². The Morgan fingerprint density at radius 1 is 0.557 bits per heavy atom. The molecule has 12 heteroatoms. The number of anilines is 1. The van der Waals surface area contributed by atoms with E-state index < -0.39 is 41.4 Å². The highest BCUT2D eigenvalue weighted by atomic mass is 16.6. The first kappa shape index (κ1) is 47.1. The van der Waals surface area contributed by atoms with Crippen molar-refractivity contribution in [3.8, 4) is 23.0 Å². The molecule has 1 aromatic heterocycles. The summed E-state index contributed by atoms with van der Waals surface area (Å²) in [6, 6.07) is 60.6. The average Bonchev–Trinajstić information content (AvgIpc) is 3.83. The first-order valence-corrected chi connectivity index (χ1v) is 22.8. The molecule has 12 nitrogen and oxygen atoms in total. The van der Waals surface area contributed by atoms with Crippen LogP contribution in [-0.2, 0) is 25.4 Å². The number of hydrogen-bond acceptors (Lipinski definition) is 11. The zero-order chi connectivity index (χ0) is 48.7. The molecule has 2 heterocycles. The van der Waals surface area contributed by atoms with E-state index in [2.05, 4.69) is 4.98 Å². The maximum atomic E-state index is 15.9. The SMILES string of the molecule is COc1ccc(C(OC(C(=O)c2ccccc2)[C@H]2O[C@@H](n3ccc(N)nc3=O)C[C@@H]2OC(c2ccccc2)(c2ccc(OC)cc2)c2ccc(OC)cc2)(c2ccccc2)c2ccc(OC)cc2)cc1. The summed E-state index contributed by atoms with van der Waals surface area (Å²) in [4.78, 5) is 33.8. The Morgan fingerprint density at radius 3 is 1.36 bits per heavy atom. The van der Waals surface area contributed by atoms with E-state index in [0.29, 0.717) is 39.7 Å². The van der Waals surface area contributed by atoms with Gasteiger partial charge in [0.15, 0.2) is 11.9 Å². The minimum absolute atomic E-state index is 0.0535. The number of nitrogen functional groups attached to an aromatic ring is 1. The molecule has 1 aliphatic rings. The van der Waals surface area contributed by atoms with Crippen molar-refractivity contribution in [2.24, 2.45) is 0 Å². The Labute approximate surface area is 406 Å². The normalized spacial score (nSPS) is 16.3. The minimum atomic E-state index is -1.50. The van der Waals surface area contributed by atoms with Crippen LogP contribution in [0.3, 0.4) is 0 Å². The Bertz CT molecular complexity index is 2950. The van der Waals surface area contributed by atoms with Crippen LogP contribution in [0.1, 0.15) is 56.4 Å². The van der Waals surface area contributed by atoms with Crippen molar-refractivity contribution in [2.75, 3.05) is 34.2 Å². The van der Waals surface area contributed by atoms with E-state index >= 15 is 4.79 Å². The van der Waals surface area contributed by atoms with Gasteiger partial charge in [-0.3, -0.25) is 9.36 Å². The fourth-order valence-corrected chi connectivity index (χ4v) is 9.37. The lowest BCUT2D eigenvalue weighted by atomic mass is 9.79. The van der Waals surface area contributed by atoms with Crippen molar-refractivity contribution in [1.29, 1.82) is 0 Å². The number of ether oxygens (including phenoxy) is 7. The zero-order valence-electron chi connectivity index (χ0n) is 39.2. The third kappa shape index (κ3) is 9.15. The molecule has 4 atom stereocenters. The van der Waals surface area contributed by atoms with Crippen LogP contribution in [0.2, 0.25) is 0 Å². The summed E-state index contributed by atoms with van der Waals surface area (Å²) in [7, 11) is 6.45. The van der Waals surface area contributed by atoms with Gasteiger partial charge < -0.3 is 38.9 Å². The number of hydrogen-bond donors (Lipinski definition) is 1. The van der Waals surface area contributed by atoms with Crippen LogP contribution in [0, 0.1) is 0 Å². The topological polar surface area (TPSA) is 143 Å². The maximum absolute atomic E-state index is 15.9. The lowest BCUT2D eigenvalue weighted by Crippen LogP contribution is -2.51. The standard InChI is InChI=1S/C58H53N3O9/c1-64-46-28-20-42(21-29-46)57(40-16-10-6-11-17-40,43-22-30-47(65-2)31-23-43)69-50-38-52(61-37-36-51(59)60-56(61)63)68-54(50)55(53(62)39-14-8-5-9-15-39)70-58(41-18-12-7-13-19-41,44-24-32-48(66-3)33-25-44)45-26-34-49(67-4)35-27-45/h5-37,50,52,54-55H,38H2,1-4H3,(H2,59,60,63)/t50-,52+,54-,55?/m0/s1. The molecule has 0 radical (unpaired) electrons. The van der Waals surface area contributed by atoms with E-state index in [4.69, 9.17) is 38.9 Å². The van der Waals surface area contributed by atoms with E-state index in [9.17, 15) is 4.79 Å². The molecule has 0 bridgehead atoms. The second kappa shape index (κ2) is 20.7. The largest absolute Gasteiger partial charge is 0.497 e. The molecule has 0 amide bonds. The third-order valence-electron chi connectivity index (χ3n) is 12.9. The molecule has 7 aromatic carbocycles. The molecule has 70 heavy (non-hydrogen) atoms. The molecule has 0 saturated carbocycles. The van der Waals surface area contributed by atoms with Crippen molar-refractivity contribution < 1.29 is 38.0 Å². The Morgan fingerprint density at radius 2 is 0.943 bits per heavy atom. The van der Waals surface area contributed by atoms with Gasteiger partial charge in [0.1, 0.15) is 52.3 Å². The molecule has 354 valence electrons. The predicted octanol–water partition coefficient (Wildman–Crippen LogP) is 9.78. The number of rotatable bonds is 18. The number of ketones is 1. The predicted molar refractivity (Wildman–Crippen MR) is 267 cm³/mol. The van der Waals surface area contributed by atoms with Crippen LogP contribution in [-0.4, -0.2) is 62.1 Å². The first-order valence-electron chi connectivity index (χ1n) is 22.8. The third-order valence-corrected chi connectivity index (χ3v) is 12.9. The molecular weight excluding hydrogens is 883 g/mol. The number of aromatic nitrogens is 2. The minimum Gasteiger partial charge on any atom is -0.497 e. The zero-order valence-corrected chi connectivity index (χ0v) is 39.2. The summed E-state index contributed by atoms with van der Waals surface area (Å²) < 4.78 is 46.8. The fourth-order valence-electron chi connectivity index (χ4n) is 9.37. The number of nitrogens with two attached hydrogens (primary N) is 1. The van der Waals surface area contributed by atoms with Crippen LogP contribution in [0.25, 0.3) is 0 Å². The maximum Gasteiger partial charge on any atom is 0.351 e. The van der Waals surface area contributed by atoms with E-state index in [1.165, 1.54) is 10.6 Å². The number of benzene rings is 7. The quantitative estimate of drug-likeness (QED) is 0.0649. The van der Waals surface area contributed by atoms with Gasteiger partial charge in [-0.2, -0.15) is 4.98 Å². The monoisotopic (exact) mass is 935 g/mol. The van der Waals surface area contributed by atoms with Crippen molar-refractivity contribution >= 4 is 11.6 Å². The van der Waals surface area contributed by atoms with Crippen molar-refractivity contribution in [2.45, 2.75) is 42.2 Å². The number of methoxy groups -OCH3 is 4. The summed E-state index contributed by atoms with van der Waals surface area (Å²) in [6.07, 6.45) is -3.01. The van der Waals surface area contributed by atoms with Gasteiger partial charge in [0, 0.05) is 18.2 Å². The van der Waals surface area contributed by atoms with E-state index in [0.717, 1.165) is 22.3 Å². The summed E-state index contributed by atoms with van der Waals surface area (Å²) in [5.74, 6) is 2.22. The second-order valence-corrected chi connectivity index (χ2v) is 16.8. The van der Waals surface area contributed by atoms with Crippen LogP contribution in [0.15, 0.2) is 205 Å². The second-order valence-electron chi connectivity index (χ2n) is 16.8. The molecular formula is C58H53N3O9. The summed E-state index contributed by atoms with van der Waals surface area (Å²) in [5.41, 5.74) is 7.28. The first-order chi connectivity index (χ1) is 34.2. The Kier molecular flexibility index (Phi) is 13.9. The molecule has 1 saturated heterocycles. The molecule has 0 spiro atoms. The van der Waals surface area contributed by atoms with Crippen molar-refractivity contribution in [1.82, 2.24) is 9.55 Å². The number of carbonyl (C=O) groups is 1. The molecule has 0 aliphatic carbocycles. The highest BCUT2D eigenvalue weighted by Crippen LogP contribution is 2.49. The van der Waals surface area contributed by atoms with Gasteiger partial charge >= 0.3 is 5.69 Å². The molecule has 2 N–H and O–H groups in total. The number of Topliss-reactive ketones (excluding diaryl/α,β-unsaturated/α-hetero) is 1. The van der Waals surface area contributed by atoms with Gasteiger partial charge in [-0.1, -0.05) is 140 Å². The van der Waals surface area contributed by atoms with Gasteiger partial charge in [-0.05, 0) is 88.0 Å². The van der Waals surface area contributed by atoms with Crippen molar-refractivity contribution in [3.05, 3.63) is 250 Å². The molecule has 1 unspecified atom stereocenters. The van der Waals surface area contributed by atoms with Gasteiger partial charge in [0.25, 0.3) is 0 Å². The smallest absolute Gasteiger partial charge is 0.351 e. The van der Waals surface area contributed by atoms with Gasteiger partial charge in [-0.15, -0.1) is 0 Å². The van der Waals surface area contributed by atoms with Crippen LogP contribution in [0.5, 0.6) is 23.0 Å². The number of nitrogens with zero attached hydrogens (tertiary/aromatic N) is 2. The highest BCUT2D eigenvalue weighted by molar-refractivity contribution is 6.00. The summed E-state index contributed by atoms with van der Waals surface area (Å²) in [5, 5.41) is 0. The van der Waals surface area contributed by atoms with Gasteiger partial charge in [-0.25, -0.2) is 4.79 Å². The molecule has 9 rings (SSSR count). The molecule has 1 fully saturated rings. The molecule has 1 aliphatic heterocycles. The van der Waals surface area contributed by atoms with Gasteiger partial charge in [0.2, 0.25) is 0 Å². The van der Waals surface area contributed by atoms with Crippen LogP contribution in [0.4, 0.5) is 5.82 Å². The van der Waals surface area contributed by atoms with E-state index in [-0.39, 0.29) is 18.0 Å². The Balaban J connectivity index is 1.32. The van der Waals surface area contributed by atoms with Crippen LogP contribution >= 0.6 is 0 Å². The van der Waals surface area contributed by atoms with Gasteiger partial charge in [0.05, 0.1) is 34.5 Å². The lowest BCUT2D eigenvalue weighted by molar-refractivity contribution is -0.150. The van der Waals surface area contributed by atoms with Crippen LogP contribution < -0.4 is 30.4 Å². The lowest BCUT2D eigenvalue weighted by Gasteiger charge is -2.43. The summed E-state index contributed by atoms with van der Waals surface area (Å²) in [6.45, 7) is 0. The van der Waals surface area contributed by atoms with E-state index in [1.807, 2.05) is 164 Å². The fraction of sp³-hybridized carbons (Fsp3) is 0.190. The van der Waals surface area contributed by atoms with E-state index in [1.54, 1.807) is 58.9 Å². The summed E-state index contributed by atoms with van der Waals surface area (Å²) >= 11 is 0. The average molecular weight is 936 g/mol. The highest BCUT2D eigenvalue weighted by Gasteiger charge is 2.53. The Hall–Kier alpha value is -8.03. The number of carbonyl (C=O) groups excluding carboxylic acids is 1. The molecule has 8 aromatic rings.